The second-order valence-electron chi connectivity index (χ2n) is 5.93. The maximum absolute atomic E-state index is 12.2. The second-order valence-corrected chi connectivity index (χ2v) is 5.93. The number of nitrogens with one attached hydrogen (secondary N) is 1. The fraction of sp³-hybridized carbons (Fsp3) is 0.667. The molecule has 1 aliphatic heterocycles. The van der Waals surface area contributed by atoms with Crippen LogP contribution < -0.4 is 5.32 Å². The summed E-state index contributed by atoms with van der Waals surface area (Å²) >= 11 is 0. The first-order valence-electron chi connectivity index (χ1n) is 7.25. The molecule has 0 aromatic carbocycles. The number of ether oxygens (including phenoxy) is 1. The molecule has 1 aromatic rings. The predicted molar refractivity (Wildman–Crippen MR) is 73.1 cm³/mol. The molecule has 1 N–H and O–H groups in total. The predicted octanol–water partition coefficient (Wildman–Crippen LogP) is 2.25. The zero-order chi connectivity index (χ0) is 13.3. The van der Waals surface area contributed by atoms with Crippen LogP contribution in [0.25, 0.3) is 0 Å². The van der Waals surface area contributed by atoms with Gasteiger partial charge >= 0.3 is 0 Å². The molecule has 19 heavy (non-hydrogen) atoms. The lowest BCUT2D eigenvalue weighted by Crippen LogP contribution is -2.38. The van der Waals surface area contributed by atoms with Gasteiger partial charge < -0.3 is 14.6 Å². The Balaban J connectivity index is 1.60. The molecule has 1 spiro atoms. The monoisotopic (exact) mass is 262 g/mol. The van der Waals surface area contributed by atoms with Crippen molar-refractivity contribution in [2.24, 2.45) is 7.05 Å². The van der Waals surface area contributed by atoms with Crippen molar-refractivity contribution < 1.29 is 9.53 Å². The Morgan fingerprint density at radius 1 is 1.42 bits per heavy atom. The zero-order valence-electron chi connectivity index (χ0n) is 11.5. The number of carbonyl (C=O) groups excluding carboxylic acids is 1. The largest absolute Gasteiger partial charge is 0.373 e. The first-order valence-corrected chi connectivity index (χ1v) is 7.25. The van der Waals surface area contributed by atoms with Crippen molar-refractivity contribution in [3.63, 3.8) is 0 Å². The maximum atomic E-state index is 12.2. The van der Waals surface area contributed by atoms with Crippen LogP contribution in [0.4, 0.5) is 0 Å². The van der Waals surface area contributed by atoms with Crippen LogP contribution in [0.2, 0.25) is 0 Å². The van der Waals surface area contributed by atoms with Gasteiger partial charge in [-0.05, 0) is 31.4 Å². The SMILES string of the molecule is Cn1cccc1C(=O)NC1COC2(CCCCC2)C1. The summed E-state index contributed by atoms with van der Waals surface area (Å²) in [6.07, 6.45) is 9.03. The summed E-state index contributed by atoms with van der Waals surface area (Å²) in [5.41, 5.74) is 0.773. The lowest BCUT2D eigenvalue weighted by molar-refractivity contribution is -0.0246. The van der Waals surface area contributed by atoms with Crippen LogP contribution in [0, 0.1) is 0 Å². The van der Waals surface area contributed by atoms with Crippen molar-refractivity contribution >= 4 is 5.91 Å². The molecule has 3 rings (SSSR count). The molecule has 104 valence electrons. The van der Waals surface area contributed by atoms with Crippen molar-refractivity contribution in [1.82, 2.24) is 9.88 Å². The quantitative estimate of drug-likeness (QED) is 0.888. The van der Waals surface area contributed by atoms with E-state index in [1.807, 2.05) is 29.9 Å². The third-order valence-corrected chi connectivity index (χ3v) is 4.49. The molecule has 1 saturated carbocycles. The maximum Gasteiger partial charge on any atom is 0.268 e. The van der Waals surface area contributed by atoms with E-state index >= 15 is 0 Å². The van der Waals surface area contributed by atoms with Gasteiger partial charge in [-0.15, -0.1) is 0 Å². The zero-order valence-corrected chi connectivity index (χ0v) is 11.5. The van der Waals surface area contributed by atoms with Gasteiger partial charge in [0.1, 0.15) is 5.69 Å². The summed E-state index contributed by atoms with van der Waals surface area (Å²) in [5.74, 6) is 0.00830. The third-order valence-electron chi connectivity index (χ3n) is 4.49. The molecule has 2 fully saturated rings. The van der Waals surface area contributed by atoms with Gasteiger partial charge in [0.15, 0.2) is 0 Å². The molecule has 4 heteroatoms. The Hall–Kier alpha value is -1.29. The van der Waals surface area contributed by atoms with Crippen LogP contribution >= 0.6 is 0 Å². The highest BCUT2D eigenvalue weighted by Crippen LogP contribution is 2.39. The van der Waals surface area contributed by atoms with Crippen molar-refractivity contribution in [1.29, 1.82) is 0 Å². The van der Waals surface area contributed by atoms with Gasteiger partial charge in [0, 0.05) is 13.2 Å². The first-order chi connectivity index (χ1) is 9.19. The molecule has 2 aliphatic rings. The highest BCUT2D eigenvalue weighted by molar-refractivity contribution is 5.92. The molecule has 1 aliphatic carbocycles. The number of aryl methyl sites for hydroxylation is 1. The van der Waals surface area contributed by atoms with Crippen molar-refractivity contribution in [3.8, 4) is 0 Å². The van der Waals surface area contributed by atoms with E-state index < -0.39 is 0 Å². The Bertz CT molecular complexity index is 460. The Morgan fingerprint density at radius 2 is 2.21 bits per heavy atom. The molecule has 4 nitrogen and oxygen atoms in total. The molecule has 0 bridgehead atoms. The minimum atomic E-state index is 0.00830. The normalized spacial score (nSPS) is 25.6. The number of rotatable bonds is 2. The van der Waals surface area contributed by atoms with Crippen LogP contribution in [0.3, 0.4) is 0 Å². The molecule has 1 saturated heterocycles. The van der Waals surface area contributed by atoms with Gasteiger partial charge in [0.2, 0.25) is 0 Å². The summed E-state index contributed by atoms with van der Waals surface area (Å²) in [6, 6.07) is 3.91. The van der Waals surface area contributed by atoms with Crippen molar-refractivity contribution in [2.45, 2.75) is 50.2 Å². The van der Waals surface area contributed by atoms with Gasteiger partial charge in [-0.1, -0.05) is 19.3 Å². The first kappa shape index (κ1) is 12.7. The fourth-order valence-corrected chi connectivity index (χ4v) is 3.44. The Labute approximate surface area is 114 Å². The standard InChI is InChI=1S/C15H22N2O2/c1-17-9-5-6-13(17)14(18)16-12-10-15(19-11-12)7-3-2-4-8-15/h5-6,9,12H,2-4,7-8,10-11H2,1H3,(H,16,18). The van der Waals surface area contributed by atoms with Crippen LogP contribution in [-0.4, -0.2) is 28.7 Å². The van der Waals surface area contributed by atoms with E-state index in [9.17, 15) is 4.79 Å². The fourth-order valence-electron chi connectivity index (χ4n) is 3.44. The highest BCUT2D eigenvalue weighted by atomic mass is 16.5. The third kappa shape index (κ3) is 2.54. The van der Waals surface area contributed by atoms with Crippen LogP contribution in [0.5, 0.6) is 0 Å². The van der Waals surface area contributed by atoms with Crippen molar-refractivity contribution in [2.75, 3.05) is 6.61 Å². The van der Waals surface area contributed by atoms with Gasteiger partial charge in [-0.3, -0.25) is 4.79 Å². The van der Waals surface area contributed by atoms with E-state index in [0.717, 1.165) is 19.3 Å². The number of hydrogen-bond donors (Lipinski definition) is 1. The lowest BCUT2D eigenvalue weighted by atomic mass is 9.82. The topological polar surface area (TPSA) is 43.3 Å². The summed E-state index contributed by atoms with van der Waals surface area (Å²) in [4.78, 5) is 12.2. The minimum absolute atomic E-state index is 0.00830. The Morgan fingerprint density at radius 3 is 2.89 bits per heavy atom. The van der Waals surface area contributed by atoms with E-state index in [1.54, 1.807) is 0 Å². The molecule has 2 heterocycles. The smallest absolute Gasteiger partial charge is 0.268 e. The average Bonchev–Trinajstić information content (AvgIpc) is 2.98. The lowest BCUT2D eigenvalue weighted by Gasteiger charge is -2.32. The summed E-state index contributed by atoms with van der Waals surface area (Å²) < 4.78 is 7.87. The van der Waals surface area contributed by atoms with Crippen LogP contribution in [-0.2, 0) is 11.8 Å². The molecule has 1 unspecified atom stereocenters. The molecule has 0 radical (unpaired) electrons. The minimum Gasteiger partial charge on any atom is -0.373 e. The van der Waals surface area contributed by atoms with E-state index in [0.29, 0.717) is 12.3 Å². The Kier molecular flexibility index (Phi) is 3.35. The van der Waals surface area contributed by atoms with Gasteiger partial charge in [-0.2, -0.15) is 0 Å². The highest BCUT2D eigenvalue weighted by Gasteiger charge is 2.41. The molecule has 1 aromatic heterocycles. The van der Waals surface area contributed by atoms with Gasteiger partial charge in [0.25, 0.3) is 5.91 Å². The molecule has 1 atom stereocenters. The van der Waals surface area contributed by atoms with Crippen molar-refractivity contribution in [3.05, 3.63) is 24.0 Å². The molecular weight excluding hydrogens is 240 g/mol. The summed E-state index contributed by atoms with van der Waals surface area (Å²) in [5, 5.41) is 3.11. The van der Waals surface area contributed by atoms with E-state index in [4.69, 9.17) is 4.74 Å². The van der Waals surface area contributed by atoms with Crippen LogP contribution in [0.1, 0.15) is 49.0 Å². The van der Waals surface area contributed by atoms with E-state index in [1.165, 1.54) is 19.3 Å². The average molecular weight is 262 g/mol. The number of amides is 1. The van der Waals surface area contributed by atoms with Gasteiger partial charge in [-0.25, -0.2) is 0 Å². The van der Waals surface area contributed by atoms with E-state index in [2.05, 4.69) is 5.32 Å². The van der Waals surface area contributed by atoms with E-state index in [-0.39, 0.29) is 17.6 Å². The second kappa shape index (κ2) is 5.00. The summed E-state index contributed by atoms with van der Waals surface area (Å²) in [6.45, 7) is 0.663. The summed E-state index contributed by atoms with van der Waals surface area (Å²) in [7, 11) is 1.89. The van der Waals surface area contributed by atoms with Crippen LogP contribution in [0.15, 0.2) is 18.3 Å². The number of nitrogens with zero attached hydrogens (tertiary/aromatic N) is 1. The number of hydrogen-bond acceptors (Lipinski definition) is 2. The molecule has 1 amide bonds. The number of carbonyl (C=O) groups is 1. The van der Waals surface area contributed by atoms with Gasteiger partial charge in [0.05, 0.1) is 18.2 Å². The number of aromatic nitrogens is 1. The molecular formula is C15H22N2O2.